The van der Waals surface area contributed by atoms with Crippen LogP contribution in [-0.2, 0) is 11.2 Å². The molecule has 29 heavy (non-hydrogen) atoms. The number of benzene rings is 2. The molecule has 152 valence electrons. The highest BCUT2D eigenvalue weighted by Gasteiger charge is 2.16. The molecule has 5 nitrogen and oxygen atoms in total. The Bertz CT molecular complexity index is 1060. The molecule has 3 aromatic rings. The van der Waals surface area contributed by atoms with Gasteiger partial charge in [-0.15, -0.1) is 0 Å². The van der Waals surface area contributed by atoms with Crippen molar-refractivity contribution < 1.29 is 4.79 Å². The van der Waals surface area contributed by atoms with Crippen LogP contribution in [0.25, 0.3) is 16.6 Å². The van der Waals surface area contributed by atoms with Gasteiger partial charge in [0.15, 0.2) is 5.16 Å². The first-order valence-electron chi connectivity index (χ1n) is 9.94. The molecule has 1 amide bonds. The maximum absolute atomic E-state index is 13.2. The topological polar surface area (TPSA) is 64.0 Å². The fourth-order valence-electron chi connectivity index (χ4n) is 2.91. The van der Waals surface area contributed by atoms with Gasteiger partial charge < -0.3 is 5.32 Å². The number of carbonyl (C=O) groups is 1. The number of rotatable bonds is 7. The van der Waals surface area contributed by atoms with Crippen molar-refractivity contribution in [3.05, 3.63) is 64.4 Å². The Morgan fingerprint density at radius 3 is 2.45 bits per heavy atom. The summed E-state index contributed by atoms with van der Waals surface area (Å²) in [6.45, 7) is 8.23. The fourth-order valence-corrected chi connectivity index (χ4v) is 3.73. The van der Waals surface area contributed by atoms with Gasteiger partial charge in [-0.25, -0.2) is 4.98 Å². The van der Waals surface area contributed by atoms with Crippen molar-refractivity contribution in [2.75, 3.05) is 5.75 Å². The molecule has 2 aromatic carbocycles. The summed E-state index contributed by atoms with van der Waals surface area (Å²) < 4.78 is 1.60. The van der Waals surface area contributed by atoms with Gasteiger partial charge in [-0.2, -0.15) is 0 Å². The molecule has 0 aliphatic heterocycles. The Kier molecular flexibility index (Phi) is 6.75. The number of fused-ring (bicyclic) bond motifs is 1. The number of amides is 1. The standard InChI is InChI=1S/C23H27N3O2S/c1-5-17-10-12-18(13-11-17)26-22(28)19-8-6-7-9-20(19)25-23(26)29-14-21(27)24-16(4)15(2)3/h6-13,15-16H,5,14H2,1-4H3,(H,24,27)/t16-/m0/s1. The van der Waals surface area contributed by atoms with Gasteiger partial charge in [0.1, 0.15) is 0 Å². The molecule has 3 rings (SSSR count). The molecule has 0 radical (unpaired) electrons. The van der Waals surface area contributed by atoms with E-state index in [2.05, 4.69) is 31.1 Å². The molecule has 0 spiro atoms. The minimum Gasteiger partial charge on any atom is -0.353 e. The molecule has 1 heterocycles. The molecule has 6 heteroatoms. The van der Waals surface area contributed by atoms with Gasteiger partial charge in [-0.3, -0.25) is 14.2 Å². The van der Waals surface area contributed by atoms with E-state index in [0.29, 0.717) is 22.0 Å². The third-order valence-corrected chi connectivity index (χ3v) is 6.01. The number of hydrogen-bond donors (Lipinski definition) is 1. The summed E-state index contributed by atoms with van der Waals surface area (Å²) in [6.07, 6.45) is 0.932. The van der Waals surface area contributed by atoms with E-state index >= 15 is 0 Å². The third-order valence-electron chi connectivity index (χ3n) is 5.07. The van der Waals surface area contributed by atoms with Crippen LogP contribution in [0, 0.1) is 5.92 Å². The minimum atomic E-state index is -0.127. The number of aryl methyl sites for hydroxylation is 1. The maximum Gasteiger partial charge on any atom is 0.266 e. The van der Waals surface area contributed by atoms with Crippen molar-refractivity contribution >= 4 is 28.6 Å². The molecule has 0 bridgehead atoms. The lowest BCUT2D eigenvalue weighted by Crippen LogP contribution is -2.37. The smallest absolute Gasteiger partial charge is 0.266 e. The monoisotopic (exact) mass is 409 g/mol. The third kappa shape index (κ3) is 4.88. The number of hydrogen-bond acceptors (Lipinski definition) is 4. The highest BCUT2D eigenvalue weighted by Crippen LogP contribution is 2.21. The number of para-hydroxylation sites is 1. The van der Waals surface area contributed by atoms with Crippen molar-refractivity contribution in [1.29, 1.82) is 0 Å². The molecule has 0 saturated heterocycles. The van der Waals surface area contributed by atoms with E-state index in [4.69, 9.17) is 0 Å². The fraction of sp³-hybridized carbons (Fsp3) is 0.348. The van der Waals surface area contributed by atoms with Crippen LogP contribution in [0.4, 0.5) is 0 Å². The Labute approximate surface area is 175 Å². The van der Waals surface area contributed by atoms with Crippen LogP contribution in [0.3, 0.4) is 0 Å². The van der Waals surface area contributed by atoms with E-state index in [9.17, 15) is 9.59 Å². The summed E-state index contributed by atoms with van der Waals surface area (Å²) in [5.74, 6) is 0.499. The van der Waals surface area contributed by atoms with Crippen molar-refractivity contribution in [2.45, 2.75) is 45.3 Å². The van der Waals surface area contributed by atoms with Crippen LogP contribution < -0.4 is 10.9 Å². The summed E-state index contributed by atoms with van der Waals surface area (Å²) in [5, 5.41) is 4.08. The number of thioether (sulfide) groups is 1. The lowest BCUT2D eigenvalue weighted by molar-refractivity contribution is -0.119. The number of nitrogens with zero attached hydrogens (tertiary/aromatic N) is 2. The summed E-state index contributed by atoms with van der Waals surface area (Å²) in [6, 6.07) is 15.3. The zero-order valence-electron chi connectivity index (χ0n) is 17.3. The molecular formula is C23H27N3O2S. The van der Waals surface area contributed by atoms with Crippen LogP contribution >= 0.6 is 11.8 Å². The van der Waals surface area contributed by atoms with Crippen molar-refractivity contribution in [3.8, 4) is 5.69 Å². The Morgan fingerprint density at radius 2 is 1.79 bits per heavy atom. The predicted octanol–water partition coefficient (Wildman–Crippen LogP) is 4.20. The summed E-state index contributed by atoms with van der Waals surface area (Å²) in [7, 11) is 0. The molecule has 0 aliphatic carbocycles. The second kappa shape index (κ2) is 9.27. The largest absolute Gasteiger partial charge is 0.353 e. The molecule has 0 aliphatic rings. The quantitative estimate of drug-likeness (QED) is 0.469. The predicted molar refractivity (Wildman–Crippen MR) is 120 cm³/mol. The van der Waals surface area contributed by atoms with E-state index in [1.165, 1.54) is 17.3 Å². The number of carbonyl (C=O) groups excluding carboxylic acids is 1. The molecular weight excluding hydrogens is 382 g/mol. The van der Waals surface area contributed by atoms with E-state index in [0.717, 1.165) is 12.1 Å². The van der Waals surface area contributed by atoms with Gasteiger partial charge in [0.25, 0.3) is 5.56 Å². The summed E-state index contributed by atoms with van der Waals surface area (Å²) in [5.41, 5.74) is 2.46. The highest BCUT2D eigenvalue weighted by molar-refractivity contribution is 7.99. The highest BCUT2D eigenvalue weighted by atomic mass is 32.2. The van der Waals surface area contributed by atoms with Gasteiger partial charge >= 0.3 is 0 Å². The molecule has 1 N–H and O–H groups in total. The minimum absolute atomic E-state index is 0.0634. The van der Waals surface area contributed by atoms with Gasteiger partial charge in [-0.1, -0.05) is 56.8 Å². The zero-order valence-corrected chi connectivity index (χ0v) is 18.1. The average molecular weight is 410 g/mol. The van der Waals surface area contributed by atoms with Crippen LogP contribution in [0.1, 0.15) is 33.3 Å². The Balaban J connectivity index is 1.98. The summed E-state index contributed by atoms with van der Waals surface area (Å²) >= 11 is 1.28. The van der Waals surface area contributed by atoms with Gasteiger partial charge in [0.05, 0.1) is 22.3 Å². The molecule has 0 unspecified atom stereocenters. The van der Waals surface area contributed by atoms with E-state index in [1.807, 2.05) is 49.4 Å². The number of nitrogens with one attached hydrogen (secondary N) is 1. The van der Waals surface area contributed by atoms with Crippen LogP contribution in [0.15, 0.2) is 58.5 Å². The molecule has 1 atom stereocenters. The zero-order chi connectivity index (χ0) is 21.0. The number of aromatic nitrogens is 2. The van der Waals surface area contributed by atoms with E-state index < -0.39 is 0 Å². The first kappa shape index (κ1) is 21.1. The SMILES string of the molecule is CCc1ccc(-n2c(SCC(=O)N[C@@H](C)C(C)C)nc3ccccc3c2=O)cc1. The second-order valence-corrected chi connectivity index (χ2v) is 8.40. The Morgan fingerprint density at radius 1 is 1.10 bits per heavy atom. The molecule has 1 aromatic heterocycles. The Hall–Kier alpha value is -2.60. The van der Waals surface area contributed by atoms with Crippen molar-refractivity contribution in [2.24, 2.45) is 5.92 Å². The van der Waals surface area contributed by atoms with Crippen molar-refractivity contribution in [1.82, 2.24) is 14.9 Å². The molecule has 0 saturated carbocycles. The van der Waals surface area contributed by atoms with E-state index in [-0.39, 0.29) is 23.3 Å². The normalized spacial score (nSPS) is 12.3. The average Bonchev–Trinajstić information content (AvgIpc) is 2.72. The van der Waals surface area contributed by atoms with Gasteiger partial charge in [-0.05, 0) is 49.1 Å². The van der Waals surface area contributed by atoms with Gasteiger partial charge in [0, 0.05) is 6.04 Å². The lowest BCUT2D eigenvalue weighted by atomic mass is 10.1. The second-order valence-electron chi connectivity index (χ2n) is 7.46. The summed E-state index contributed by atoms with van der Waals surface area (Å²) in [4.78, 5) is 30.3. The lowest BCUT2D eigenvalue weighted by Gasteiger charge is -2.18. The van der Waals surface area contributed by atoms with E-state index in [1.54, 1.807) is 10.6 Å². The van der Waals surface area contributed by atoms with Crippen LogP contribution in [0.2, 0.25) is 0 Å². The molecule has 0 fully saturated rings. The van der Waals surface area contributed by atoms with Crippen LogP contribution in [0.5, 0.6) is 0 Å². The maximum atomic E-state index is 13.2. The first-order valence-corrected chi connectivity index (χ1v) is 10.9. The van der Waals surface area contributed by atoms with Crippen molar-refractivity contribution in [3.63, 3.8) is 0 Å². The van der Waals surface area contributed by atoms with Gasteiger partial charge in [0.2, 0.25) is 5.91 Å². The van der Waals surface area contributed by atoms with Crippen LogP contribution in [-0.4, -0.2) is 27.3 Å². The first-order chi connectivity index (χ1) is 13.9.